The Bertz CT molecular complexity index is 1360. The zero-order valence-corrected chi connectivity index (χ0v) is 23.5. The lowest BCUT2D eigenvalue weighted by molar-refractivity contribution is -0.0496. The first-order valence-electron chi connectivity index (χ1n) is 13.4. The smallest absolute Gasteiger partial charge is 0.414 e. The van der Waals surface area contributed by atoms with E-state index < -0.39 is 29.3 Å². The van der Waals surface area contributed by atoms with Crippen LogP contribution in [-0.2, 0) is 24.2 Å². The molecule has 0 saturated carbocycles. The number of ether oxygens (including phenoxy) is 1. The molecule has 4 rings (SSSR count). The number of hydrogen-bond donors (Lipinski definition) is 1. The largest absolute Gasteiger partial charge is 0.478 e. The first-order valence-corrected chi connectivity index (χ1v) is 13.7. The van der Waals surface area contributed by atoms with Gasteiger partial charge in [0.2, 0.25) is 0 Å². The van der Waals surface area contributed by atoms with E-state index in [9.17, 15) is 22.8 Å². The molecule has 0 bridgehead atoms. The van der Waals surface area contributed by atoms with E-state index in [1.54, 1.807) is 16.8 Å². The van der Waals surface area contributed by atoms with Crippen molar-refractivity contribution in [3.05, 3.63) is 82.5 Å². The molecular weight excluding hydrogens is 561 g/mol. The maximum atomic E-state index is 14.4. The number of aryl methyl sites for hydroxylation is 1. The van der Waals surface area contributed by atoms with Gasteiger partial charge >= 0.3 is 12.1 Å². The summed E-state index contributed by atoms with van der Waals surface area (Å²) in [7, 11) is 0. The van der Waals surface area contributed by atoms with Crippen LogP contribution in [0.3, 0.4) is 0 Å². The summed E-state index contributed by atoms with van der Waals surface area (Å²) in [5, 5.41) is 14.1. The van der Waals surface area contributed by atoms with E-state index >= 15 is 0 Å². The number of hydrogen-bond acceptors (Lipinski definition) is 5. The molecule has 0 aliphatic carbocycles. The number of aromatic carboxylic acids is 1. The summed E-state index contributed by atoms with van der Waals surface area (Å²) in [5.74, 6) is -3.36. The van der Waals surface area contributed by atoms with Crippen LogP contribution in [0.15, 0.2) is 60.5 Å². The molecule has 0 radical (unpaired) electrons. The van der Waals surface area contributed by atoms with Gasteiger partial charge in [0, 0.05) is 75.7 Å². The molecule has 1 aromatic heterocycles. The molecule has 1 amide bonds. The van der Waals surface area contributed by atoms with Gasteiger partial charge < -0.3 is 9.84 Å². The third-order valence-electron chi connectivity index (χ3n) is 7.48. The minimum atomic E-state index is -1.34. The van der Waals surface area contributed by atoms with E-state index in [1.807, 2.05) is 6.92 Å². The summed E-state index contributed by atoms with van der Waals surface area (Å²) in [5.41, 5.74) is 1.30. The molecule has 2 aliphatic heterocycles. The average Bonchev–Trinajstić information content (AvgIpc) is 3.23. The summed E-state index contributed by atoms with van der Waals surface area (Å²) in [4.78, 5) is 27.7. The number of carbonyl (C=O) groups is 2. The van der Waals surface area contributed by atoms with Gasteiger partial charge in [-0.05, 0) is 36.3 Å². The van der Waals surface area contributed by atoms with Crippen molar-refractivity contribution in [1.29, 1.82) is 0 Å². The number of aromatic nitrogens is 2. The predicted octanol–water partition coefficient (Wildman–Crippen LogP) is 6.76. The van der Waals surface area contributed by atoms with Crippen molar-refractivity contribution >= 4 is 29.4 Å². The fourth-order valence-electron chi connectivity index (χ4n) is 5.14. The standard InChI is InChI=1S/C29H32ClF3N4O4/c1-3-11-37-26(30)23(25(34-37)15-19(2)24(33)16-21(32)17-31)18-35-12-8-29(9-13-35)10-14-36(28(40)41-29)22-6-4-20(5-7-22)27(38)39/h4-7,16-17H,2-3,8-15,18H2,1H3,(H,38,39)/b21-17-,24-16+. The molecular formula is C29H32ClF3N4O4. The summed E-state index contributed by atoms with van der Waals surface area (Å²) in [6.45, 7) is 8.33. The molecule has 2 aliphatic rings. The molecule has 41 heavy (non-hydrogen) atoms. The number of nitrogens with zero attached hydrogens (tertiary/aromatic N) is 4. The van der Waals surface area contributed by atoms with E-state index in [0.29, 0.717) is 80.2 Å². The quantitative estimate of drug-likeness (QED) is 0.307. The molecule has 3 heterocycles. The number of carbonyl (C=O) groups excluding carboxylic acids is 1. The third-order valence-corrected chi connectivity index (χ3v) is 7.90. The number of piperidine rings is 1. The molecule has 0 atom stereocenters. The van der Waals surface area contributed by atoms with Crippen molar-refractivity contribution in [2.75, 3.05) is 24.5 Å². The fraction of sp³-hybridized carbons (Fsp3) is 0.414. The van der Waals surface area contributed by atoms with E-state index in [-0.39, 0.29) is 23.9 Å². The van der Waals surface area contributed by atoms with Gasteiger partial charge in [-0.3, -0.25) is 14.5 Å². The minimum absolute atomic E-state index is 0.0215. The number of rotatable bonds is 10. The summed E-state index contributed by atoms with van der Waals surface area (Å²) >= 11 is 6.67. The number of carboxylic acid groups (broad SMARTS) is 1. The first kappa shape index (κ1) is 30.4. The maximum Gasteiger partial charge on any atom is 0.414 e. The fourth-order valence-corrected chi connectivity index (χ4v) is 5.43. The summed E-state index contributed by atoms with van der Waals surface area (Å²) in [6, 6.07) is 6.09. The topological polar surface area (TPSA) is 87.9 Å². The highest BCUT2D eigenvalue weighted by atomic mass is 35.5. The minimum Gasteiger partial charge on any atom is -0.478 e. The Morgan fingerprint density at radius 3 is 2.44 bits per heavy atom. The maximum absolute atomic E-state index is 14.4. The van der Waals surface area contributed by atoms with Crippen LogP contribution in [0.4, 0.5) is 23.7 Å². The van der Waals surface area contributed by atoms with Crippen molar-refractivity contribution in [3.8, 4) is 0 Å². The van der Waals surface area contributed by atoms with Crippen molar-refractivity contribution in [3.63, 3.8) is 0 Å². The molecule has 1 N–H and O–H groups in total. The summed E-state index contributed by atoms with van der Waals surface area (Å²) in [6.07, 6.45) is 2.25. The van der Waals surface area contributed by atoms with Crippen molar-refractivity contribution in [2.45, 2.75) is 57.7 Å². The highest BCUT2D eigenvalue weighted by Gasteiger charge is 2.43. The second-order valence-corrected chi connectivity index (χ2v) is 10.6. The lowest BCUT2D eigenvalue weighted by atomic mass is 9.86. The Labute approximate surface area is 241 Å². The number of halogens is 4. The van der Waals surface area contributed by atoms with E-state index in [2.05, 4.69) is 16.6 Å². The van der Waals surface area contributed by atoms with E-state index in [1.165, 1.54) is 17.0 Å². The number of likely N-dealkylation sites (tertiary alicyclic amines) is 1. The molecule has 1 spiro atoms. The number of anilines is 1. The van der Waals surface area contributed by atoms with Gasteiger partial charge in [0.15, 0.2) is 5.83 Å². The van der Waals surface area contributed by atoms with Gasteiger partial charge in [-0.1, -0.05) is 25.1 Å². The second kappa shape index (κ2) is 12.9. The zero-order chi connectivity index (χ0) is 29.7. The van der Waals surface area contributed by atoms with Crippen LogP contribution >= 0.6 is 11.6 Å². The molecule has 2 fully saturated rings. The van der Waals surface area contributed by atoms with Gasteiger partial charge in [0.25, 0.3) is 0 Å². The number of benzene rings is 1. The number of allylic oxidation sites excluding steroid dienone is 4. The number of amides is 1. The molecule has 12 heteroatoms. The van der Waals surface area contributed by atoms with Gasteiger partial charge in [0.05, 0.1) is 11.3 Å². The lowest BCUT2D eigenvalue weighted by Gasteiger charge is -2.45. The van der Waals surface area contributed by atoms with Crippen molar-refractivity contribution < 1.29 is 32.6 Å². The van der Waals surface area contributed by atoms with Crippen LogP contribution in [0.1, 0.15) is 54.2 Å². The normalized spacial score (nSPS) is 18.1. The second-order valence-electron chi connectivity index (χ2n) is 10.3. The van der Waals surface area contributed by atoms with Gasteiger partial charge in [-0.25, -0.2) is 22.8 Å². The SMILES string of the molecule is C=C(Cc1nn(CCC)c(Cl)c1CN1CCC2(CC1)CCN(c1ccc(C(=O)O)cc1)C(=O)O2)/C(F)=C\C(F)=C\F. The average molecular weight is 593 g/mol. The molecule has 1 aromatic carbocycles. The highest BCUT2D eigenvalue weighted by molar-refractivity contribution is 6.30. The molecule has 220 valence electrons. The van der Waals surface area contributed by atoms with Gasteiger partial charge in [-0.2, -0.15) is 5.10 Å². The van der Waals surface area contributed by atoms with E-state index in [4.69, 9.17) is 21.4 Å². The Balaban J connectivity index is 1.41. The monoisotopic (exact) mass is 592 g/mol. The molecule has 0 unspecified atom stereocenters. The van der Waals surface area contributed by atoms with Crippen molar-refractivity contribution in [2.24, 2.45) is 0 Å². The molecule has 8 nitrogen and oxygen atoms in total. The third kappa shape index (κ3) is 7.02. The van der Waals surface area contributed by atoms with Crippen LogP contribution in [0.5, 0.6) is 0 Å². The summed E-state index contributed by atoms with van der Waals surface area (Å²) < 4.78 is 47.5. The van der Waals surface area contributed by atoms with Crippen LogP contribution in [-0.4, -0.2) is 57.1 Å². The first-order chi connectivity index (χ1) is 19.6. The Kier molecular flexibility index (Phi) is 9.60. The van der Waals surface area contributed by atoms with Gasteiger partial charge in [0.1, 0.15) is 22.9 Å². The van der Waals surface area contributed by atoms with Crippen LogP contribution in [0.25, 0.3) is 0 Å². The Hall–Kier alpha value is -3.57. The Morgan fingerprint density at radius 2 is 1.85 bits per heavy atom. The molecule has 2 aromatic rings. The highest BCUT2D eigenvalue weighted by Crippen LogP contribution is 2.37. The molecule has 2 saturated heterocycles. The van der Waals surface area contributed by atoms with Crippen LogP contribution in [0.2, 0.25) is 5.15 Å². The Morgan fingerprint density at radius 1 is 1.20 bits per heavy atom. The lowest BCUT2D eigenvalue weighted by Crippen LogP contribution is -2.54. The van der Waals surface area contributed by atoms with Crippen LogP contribution in [0, 0.1) is 0 Å². The van der Waals surface area contributed by atoms with Crippen LogP contribution < -0.4 is 4.90 Å². The predicted molar refractivity (Wildman–Crippen MR) is 149 cm³/mol. The van der Waals surface area contributed by atoms with E-state index in [0.717, 1.165) is 6.42 Å². The zero-order valence-electron chi connectivity index (χ0n) is 22.7. The van der Waals surface area contributed by atoms with Crippen molar-refractivity contribution in [1.82, 2.24) is 14.7 Å². The number of carboxylic acids is 1. The van der Waals surface area contributed by atoms with Gasteiger partial charge in [-0.15, -0.1) is 0 Å².